The third-order valence-electron chi connectivity index (χ3n) is 8.47. The normalized spacial score (nSPS) is 16.2. The van der Waals surface area contributed by atoms with E-state index in [1.54, 1.807) is 7.11 Å². The van der Waals surface area contributed by atoms with Gasteiger partial charge in [-0.2, -0.15) is 0 Å². The molecular weight excluding hydrogens is 587 g/mol. The monoisotopic (exact) mass is 620 g/mol. The minimum absolute atomic E-state index is 0.00146. The van der Waals surface area contributed by atoms with Crippen LogP contribution in [0.1, 0.15) is 50.9 Å². The Kier molecular flexibility index (Phi) is 7.78. The van der Waals surface area contributed by atoms with E-state index in [1.165, 1.54) is 18.2 Å². The van der Waals surface area contributed by atoms with Crippen LogP contribution in [0.4, 0.5) is 4.39 Å². The zero-order valence-corrected chi connectivity index (χ0v) is 25.6. The van der Waals surface area contributed by atoms with E-state index in [-0.39, 0.29) is 37.1 Å². The number of hydrogen-bond donors (Lipinski definition) is 2. The van der Waals surface area contributed by atoms with E-state index in [1.807, 2.05) is 66.4 Å². The number of methoxy groups -OCH3 is 1. The van der Waals surface area contributed by atoms with Gasteiger partial charge in [0.15, 0.2) is 11.5 Å². The van der Waals surface area contributed by atoms with Crippen molar-refractivity contribution in [2.24, 2.45) is 0 Å². The van der Waals surface area contributed by atoms with Crippen molar-refractivity contribution in [2.75, 3.05) is 26.8 Å². The average molecular weight is 621 g/mol. The maximum atomic E-state index is 14.6. The number of nitrogens with one attached hydrogen (secondary N) is 2. The van der Waals surface area contributed by atoms with Crippen molar-refractivity contribution in [3.05, 3.63) is 112 Å². The predicted molar refractivity (Wildman–Crippen MR) is 170 cm³/mol. The zero-order chi connectivity index (χ0) is 31.8. The Morgan fingerprint density at radius 1 is 1.07 bits per heavy atom. The SMILES string of the molecule is COc1ccc2cc1OCCCNC(=O)c1cc(ccc1F)Oc1ccc3c(c1)CCN(C(=O)Cc1ccc4nc(C)[nH]c4c1)C23. The van der Waals surface area contributed by atoms with Crippen molar-refractivity contribution in [3.8, 4) is 23.0 Å². The Bertz CT molecular complexity index is 1970. The highest BCUT2D eigenvalue weighted by Crippen LogP contribution is 2.41. The maximum absolute atomic E-state index is 14.6. The summed E-state index contributed by atoms with van der Waals surface area (Å²) < 4.78 is 32.4. The molecule has 9 nitrogen and oxygen atoms in total. The van der Waals surface area contributed by atoms with Gasteiger partial charge in [-0.05, 0) is 96.6 Å². The highest BCUT2D eigenvalue weighted by Gasteiger charge is 2.33. The van der Waals surface area contributed by atoms with Crippen LogP contribution >= 0.6 is 0 Å². The largest absolute Gasteiger partial charge is 0.493 e. The van der Waals surface area contributed by atoms with Gasteiger partial charge in [-0.25, -0.2) is 9.37 Å². The molecule has 8 bridgehead atoms. The van der Waals surface area contributed by atoms with E-state index in [2.05, 4.69) is 15.3 Å². The number of fused-ring (bicyclic) bond motifs is 7. The number of aryl methyl sites for hydroxylation is 1. The number of imidazole rings is 1. The lowest BCUT2D eigenvalue weighted by atomic mass is 9.87. The van der Waals surface area contributed by atoms with Crippen molar-refractivity contribution < 1.29 is 28.2 Å². The molecule has 0 aliphatic carbocycles. The van der Waals surface area contributed by atoms with Gasteiger partial charge in [0, 0.05) is 13.1 Å². The van der Waals surface area contributed by atoms with E-state index >= 15 is 0 Å². The summed E-state index contributed by atoms with van der Waals surface area (Å²) in [5, 5.41) is 2.75. The fraction of sp³-hybridized carbons (Fsp3) is 0.250. The molecule has 8 rings (SSSR count). The first-order chi connectivity index (χ1) is 22.4. The summed E-state index contributed by atoms with van der Waals surface area (Å²) in [6.45, 7) is 2.97. The second kappa shape index (κ2) is 12.2. The van der Waals surface area contributed by atoms with Crippen molar-refractivity contribution in [1.82, 2.24) is 20.2 Å². The third kappa shape index (κ3) is 5.74. The van der Waals surface area contributed by atoms with E-state index < -0.39 is 11.7 Å². The van der Waals surface area contributed by atoms with Gasteiger partial charge in [-0.3, -0.25) is 9.59 Å². The number of amides is 2. The van der Waals surface area contributed by atoms with Crippen LogP contribution in [0, 0.1) is 12.7 Å². The van der Waals surface area contributed by atoms with E-state index in [4.69, 9.17) is 14.2 Å². The molecule has 3 aliphatic rings. The fourth-order valence-corrected chi connectivity index (χ4v) is 6.27. The van der Waals surface area contributed by atoms with Crippen LogP contribution in [0.3, 0.4) is 0 Å². The molecule has 5 aromatic rings. The van der Waals surface area contributed by atoms with Gasteiger partial charge < -0.3 is 29.4 Å². The van der Waals surface area contributed by atoms with Crippen LogP contribution in [-0.4, -0.2) is 53.5 Å². The number of carbonyl (C=O) groups excluding carboxylic acids is 2. The standard InChI is InChI=1S/C36H33FN4O5/c1-21-39-30-10-4-22(16-31(30)40-21)17-34(42)41-14-12-23-18-25-6-8-27(23)35(41)24-5-11-32(44-2)33(19-24)45-15-3-13-38-36(43)28-20-26(46-25)7-9-29(28)37/h4-11,16,18-20,35H,3,12-15,17H2,1-2H3,(H,38,43)(H,39,40). The Morgan fingerprint density at radius 2 is 1.91 bits per heavy atom. The van der Waals surface area contributed by atoms with E-state index in [0.717, 1.165) is 39.1 Å². The fourth-order valence-electron chi connectivity index (χ4n) is 6.27. The quantitative estimate of drug-likeness (QED) is 0.255. The molecule has 1 aromatic heterocycles. The van der Waals surface area contributed by atoms with Gasteiger partial charge in [0.2, 0.25) is 5.91 Å². The zero-order valence-electron chi connectivity index (χ0n) is 25.6. The van der Waals surface area contributed by atoms with Crippen LogP contribution < -0.4 is 19.5 Å². The van der Waals surface area contributed by atoms with Gasteiger partial charge in [0.1, 0.15) is 23.1 Å². The molecule has 0 saturated carbocycles. The molecule has 0 fully saturated rings. The topological polar surface area (TPSA) is 106 Å². The van der Waals surface area contributed by atoms with Gasteiger partial charge in [0.25, 0.3) is 5.91 Å². The second-order valence-corrected chi connectivity index (χ2v) is 11.6. The summed E-state index contributed by atoms with van der Waals surface area (Å²) in [6.07, 6.45) is 1.33. The number of halogens is 1. The lowest BCUT2D eigenvalue weighted by Crippen LogP contribution is -2.41. The summed E-state index contributed by atoms with van der Waals surface area (Å²) in [5.41, 5.74) is 5.47. The molecule has 0 saturated heterocycles. The second-order valence-electron chi connectivity index (χ2n) is 11.6. The molecule has 0 radical (unpaired) electrons. The maximum Gasteiger partial charge on any atom is 0.254 e. The molecule has 1 atom stereocenters. The molecule has 234 valence electrons. The molecule has 4 heterocycles. The minimum Gasteiger partial charge on any atom is -0.493 e. The summed E-state index contributed by atoms with van der Waals surface area (Å²) in [4.78, 5) is 36.5. The number of nitrogens with zero attached hydrogens (tertiary/aromatic N) is 2. The van der Waals surface area contributed by atoms with Gasteiger partial charge in [0.05, 0.1) is 42.8 Å². The first kappa shape index (κ1) is 29.3. The molecule has 2 N–H and O–H groups in total. The highest BCUT2D eigenvalue weighted by atomic mass is 19.1. The summed E-state index contributed by atoms with van der Waals surface area (Å²) >= 11 is 0. The Morgan fingerprint density at radius 3 is 2.78 bits per heavy atom. The van der Waals surface area contributed by atoms with Crippen molar-refractivity contribution >= 4 is 22.8 Å². The highest BCUT2D eigenvalue weighted by molar-refractivity contribution is 5.94. The third-order valence-corrected chi connectivity index (χ3v) is 8.47. The van der Waals surface area contributed by atoms with Crippen LogP contribution in [0.2, 0.25) is 0 Å². The summed E-state index contributed by atoms with van der Waals surface area (Å²) in [5.74, 6) is 1.67. The molecular formula is C36H33FN4O5. The molecule has 3 aliphatic heterocycles. The van der Waals surface area contributed by atoms with Crippen molar-refractivity contribution in [3.63, 3.8) is 0 Å². The Balaban J connectivity index is 1.28. The van der Waals surface area contributed by atoms with Crippen LogP contribution in [0.5, 0.6) is 23.0 Å². The lowest BCUT2D eigenvalue weighted by Gasteiger charge is -2.38. The van der Waals surface area contributed by atoms with Crippen LogP contribution in [0.25, 0.3) is 11.0 Å². The first-order valence-corrected chi connectivity index (χ1v) is 15.3. The average Bonchev–Trinajstić information content (AvgIpc) is 3.43. The van der Waals surface area contributed by atoms with Crippen molar-refractivity contribution in [2.45, 2.75) is 32.2 Å². The first-order valence-electron chi connectivity index (χ1n) is 15.3. The van der Waals surface area contributed by atoms with Gasteiger partial charge >= 0.3 is 0 Å². The summed E-state index contributed by atoms with van der Waals surface area (Å²) in [6, 6.07) is 21.1. The molecule has 0 spiro atoms. The number of carbonyl (C=O) groups is 2. The van der Waals surface area contributed by atoms with Crippen LogP contribution in [0.15, 0.2) is 72.8 Å². The number of benzene rings is 4. The number of H-pyrrole nitrogens is 1. The molecule has 4 aromatic carbocycles. The van der Waals surface area contributed by atoms with Gasteiger partial charge in [-0.15, -0.1) is 0 Å². The van der Waals surface area contributed by atoms with E-state index in [0.29, 0.717) is 42.4 Å². The molecule has 46 heavy (non-hydrogen) atoms. The Labute approximate surface area is 265 Å². The predicted octanol–water partition coefficient (Wildman–Crippen LogP) is 6.04. The lowest BCUT2D eigenvalue weighted by molar-refractivity contribution is -0.132. The number of rotatable bonds is 3. The summed E-state index contributed by atoms with van der Waals surface area (Å²) in [7, 11) is 1.58. The number of aromatic amines is 1. The number of aromatic nitrogens is 2. The Hall–Kier alpha value is -5.38. The minimum atomic E-state index is -0.630. The van der Waals surface area contributed by atoms with Gasteiger partial charge in [-0.1, -0.05) is 18.2 Å². The smallest absolute Gasteiger partial charge is 0.254 e. The number of ether oxygens (including phenoxy) is 3. The van der Waals surface area contributed by atoms with Crippen LogP contribution in [-0.2, 0) is 17.6 Å². The molecule has 10 heteroatoms. The van der Waals surface area contributed by atoms with E-state index in [9.17, 15) is 14.0 Å². The number of hydrogen-bond acceptors (Lipinski definition) is 6. The molecule has 2 amide bonds. The molecule has 1 unspecified atom stereocenters. The van der Waals surface area contributed by atoms with Crippen molar-refractivity contribution in [1.29, 1.82) is 0 Å².